The Bertz CT molecular complexity index is 467. The first kappa shape index (κ1) is 13.6. The number of piperidine rings is 1. The first-order chi connectivity index (χ1) is 8.39. The molecular weight excluding hydrogens is 275 g/mol. The lowest BCUT2D eigenvalue weighted by molar-refractivity contribution is -0.00202. The number of hydrogen-bond acceptors (Lipinski definition) is 3. The fourth-order valence-corrected chi connectivity index (χ4v) is 2.28. The van der Waals surface area contributed by atoms with Crippen LogP contribution in [0, 0.1) is 0 Å². The molecule has 0 unspecified atom stereocenters. The van der Waals surface area contributed by atoms with Crippen molar-refractivity contribution in [1.29, 1.82) is 0 Å². The summed E-state index contributed by atoms with van der Waals surface area (Å²) in [4.78, 5) is 17.7. The van der Waals surface area contributed by atoms with E-state index in [1.807, 2.05) is 0 Å². The second-order valence-corrected chi connectivity index (χ2v) is 5.57. The van der Waals surface area contributed by atoms with E-state index in [4.69, 9.17) is 23.2 Å². The molecule has 0 saturated carbocycles. The zero-order chi connectivity index (χ0) is 13.3. The van der Waals surface area contributed by atoms with Gasteiger partial charge >= 0.3 is 0 Å². The zero-order valence-electron chi connectivity index (χ0n) is 9.99. The Morgan fingerprint density at radius 1 is 1.44 bits per heavy atom. The second-order valence-electron chi connectivity index (χ2n) is 4.78. The van der Waals surface area contributed by atoms with Crippen LogP contribution in [-0.2, 0) is 0 Å². The van der Waals surface area contributed by atoms with E-state index in [0.29, 0.717) is 36.5 Å². The Morgan fingerprint density at radius 2 is 2.06 bits per heavy atom. The highest BCUT2D eigenvalue weighted by Crippen LogP contribution is 2.25. The number of aliphatic hydroxyl groups is 1. The van der Waals surface area contributed by atoms with Crippen molar-refractivity contribution in [3.63, 3.8) is 0 Å². The van der Waals surface area contributed by atoms with Crippen LogP contribution in [0.3, 0.4) is 0 Å². The van der Waals surface area contributed by atoms with E-state index in [1.165, 1.54) is 12.3 Å². The fraction of sp³-hybridized carbons (Fsp3) is 0.500. The van der Waals surface area contributed by atoms with E-state index in [2.05, 4.69) is 4.98 Å². The minimum Gasteiger partial charge on any atom is -0.390 e. The lowest BCUT2D eigenvalue weighted by Crippen LogP contribution is -2.45. The maximum Gasteiger partial charge on any atom is 0.255 e. The van der Waals surface area contributed by atoms with Crippen LogP contribution in [0.5, 0.6) is 0 Å². The van der Waals surface area contributed by atoms with Gasteiger partial charge in [-0.25, -0.2) is 4.98 Å². The van der Waals surface area contributed by atoms with Gasteiger partial charge in [0.15, 0.2) is 0 Å². The van der Waals surface area contributed by atoms with Gasteiger partial charge in [0.05, 0.1) is 16.2 Å². The maximum absolute atomic E-state index is 12.3. The molecule has 4 nitrogen and oxygen atoms in total. The second kappa shape index (κ2) is 5.03. The van der Waals surface area contributed by atoms with Gasteiger partial charge in [0.25, 0.3) is 5.91 Å². The van der Waals surface area contributed by atoms with Gasteiger partial charge in [-0.2, -0.15) is 0 Å². The molecule has 0 spiro atoms. The predicted octanol–water partition coefficient (Wildman–Crippen LogP) is 2.38. The Balaban J connectivity index is 2.15. The van der Waals surface area contributed by atoms with E-state index >= 15 is 0 Å². The molecule has 0 atom stereocenters. The molecule has 2 heterocycles. The van der Waals surface area contributed by atoms with Crippen LogP contribution < -0.4 is 0 Å². The summed E-state index contributed by atoms with van der Waals surface area (Å²) in [5.74, 6) is -0.167. The summed E-state index contributed by atoms with van der Waals surface area (Å²) >= 11 is 11.7. The molecule has 0 bridgehead atoms. The quantitative estimate of drug-likeness (QED) is 0.808. The number of likely N-dealkylation sites (tertiary alicyclic amines) is 1. The summed E-state index contributed by atoms with van der Waals surface area (Å²) in [6, 6.07) is 1.47. The van der Waals surface area contributed by atoms with E-state index in [9.17, 15) is 9.90 Å². The van der Waals surface area contributed by atoms with Crippen molar-refractivity contribution in [1.82, 2.24) is 9.88 Å². The summed E-state index contributed by atoms with van der Waals surface area (Å²) in [5.41, 5.74) is -0.325. The first-order valence-electron chi connectivity index (χ1n) is 5.72. The van der Waals surface area contributed by atoms with E-state index in [0.717, 1.165) is 0 Å². The summed E-state index contributed by atoms with van der Waals surface area (Å²) in [7, 11) is 0. The summed E-state index contributed by atoms with van der Waals surface area (Å²) < 4.78 is 0. The summed E-state index contributed by atoms with van der Waals surface area (Å²) in [6.07, 6.45) is 2.50. The van der Waals surface area contributed by atoms with Crippen molar-refractivity contribution < 1.29 is 9.90 Å². The Labute approximate surface area is 116 Å². The average Bonchev–Trinajstić information content (AvgIpc) is 2.31. The maximum atomic E-state index is 12.3. The highest BCUT2D eigenvalue weighted by molar-refractivity contribution is 6.35. The number of halogens is 2. The number of carbonyl (C=O) groups is 1. The van der Waals surface area contributed by atoms with Gasteiger partial charge < -0.3 is 10.0 Å². The fourth-order valence-electron chi connectivity index (χ4n) is 1.94. The number of pyridine rings is 1. The number of amides is 1. The molecule has 18 heavy (non-hydrogen) atoms. The van der Waals surface area contributed by atoms with E-state index < -0.39 is 5.60 Å². The predicted molar refractivity (Wildman–Crippen MR) is 70.0 cm³/mol. The van der Waals surface area contributed by atoms with Crippen LogP contribution in [0.2, 0.25) is 10.2 Å². The van der Waals surface area contributed by atoms with Gasteiger partial charge in [0.1, 0.15) is 5.15 Å². The number of carbonyl (C=O) groups excluding carboxylic acids is 1. The number of hydrogen-bond donors (Lipinski definition) is 1. The lowest BCUT2D eigenvalue weighted by atomic mass is 9.93. The molecule has 0 aromatic carbocycles. The normalized spacial score (nSPS) is 18.8. The van der Waals surface area contributed by atoms with Gasteiger partial charge in [0, 0.05) is 19.3 Å². The standard InChI is InChI=1S/C12H14Cl2N2O2/c1-12(18)2-4-16(5-3-12)11(17)8-6-10(14)15-7-9(8)13/h6-7,18H,2-5H2,1H3. The number of nitrogens with zero attached hydrogens (tertiary/aromatic N) is 2. The molecule has 0 aliphatic carbocycles. The molecule has 1 aliphatic rings. The summed E-state index contributed by atoms with van der Waals surface area (Å²) in [5, 5.41) is 10.4. The van der Waals surface area contributed by atoms with Crippen LogP contribution in [0.25, 0.3) is 0 Å². The third kappa shape index (κ3) is 2.94. The molecule has 1 aromatic heterocycles. The number of aromatic nitrogens is 1. The zero-order valence-corrected chi connectivity index (χ0v) is 11.5. The lowest BCUT2D eigenvalue weighted by Gasteiger charge is -2.35. The van der Waals surface area contributed by atoms with Crippen LogP contribution >= 0.6 is 23.2 Å². The highest BCUT2D eigenvalue weighted by Gasteiger charge is 2.30. The van der Waals surface area contributed by atoms with Gasteiger partial charge in [-0.15, -0.1) is 0 Å². The van der Waals surface area contributed by atoms with Crippen molar-refractivity contribution in [2.75, 3.05) is 13.1 Å². The van der Waals surface area contributed by atoms with Crippen molar-refractivity contribution in [3.8, 4) is 0 Å². The SMILES string of the molecule is CC1(O)CCN(C(=O)c2cc(Cl)ncc2Cl)CC1. The Hall–Kier alpha value is -0.840. The minimum absolute atomic E-state index is 0.167. The molecule has 1 amide bonds. The van der Waals surface area contributed by atoms with Crippen molar-refractivity contribution >= 4 is 29.1 Å². The van der Waals surface area contributed by atoms with Crippen LogP contribution in [-0.4, -0.2) is 39.6 Å². The highest BCUT2D eigenvalue weighted by atomic mass is 35.5. The minimum atomic E-state index is -0.684. The topological polar surface area (TPSA) is 53.4 Å². The monoisotopic (exact) mass is 288 g/mol. The molecular formula is C12H14Cl2N2O2. The van der Waals surface area contributed by atoms with Gasteiger partial charge in [-0.3, -0.25) is 4.79 Å². The third-order valence-corrected chi connectivity index (χ3v) is 3.69. The van der Waals surface area contributed by atoms with Crippen LogP contribution in [0.15, 0.2) is 12.3 Å². The average molecular weight is 289 g/mol. The van der Waals surface area contributed by atoms with Crippen LogP contribution in [0.1, 0.15) is 30.1 Å². The van der Waals surface area contributed by atoms with Gasteiger partial charge in [0.2, 0.25) is 0 Å². The van der Waals surface area contributed by atoms with E-state index in [1.54, 1.807) is 11.8 Å². The van der Waals surface area contributed by atoms with Crippen molar-refractivity contribution in [3.05, 3.63) is 28.0 Å². The molecule has 1 aromatic rings. The first-order valence-corrected chi connectivity index (χ1v) is 6.47. The summed E-state index contributed by atoms with van der Waals surface area (Å²) in [6.45, 7) is 2.81. The van der Waals surface area contributed by atoms with E-state index in [-0.39, 0.29) is 11.1 Å². The largest absolute Gasteiger partial charge is 0.390 e. The molecule has 1 saturated heterocycles. The molecule has 1 aliphatic heterocycles. The number of rotatable bonds is 1. The Morgan fingerprint density at radius 3 is 2.67 bits per heavy atom. The van der Waals surface area contributed by atoms with Gasteiger partial charge in [-0.1, -0.05) is 23.2 Å². The van der Waals surface area contributed by atoms with Gasteiger partial charge in [-0.05, 0) is 25.8 Å². The Kier molecular flexibility index (Phi) is 3.80. The van der Waals surface area contributed by atoms with Crippen LogP contribution in [0.4, 0.5) is 0 Å². The third-order valence-electron chi connectivity index (χ3n) is 3.18. The molecule has 2 rings (SSSR count). The molecule has 1 fully saturated rings. The molecule has 98 valence electrons. The molecule has 1 N–H and O–H groups in total. The van der Waals surface area contributed by atoms with Crippen molar-refractivity contribution in [2.45, 2.75) is 25.4 Å². The smallest absolute Gasteiger partial charge is 0.255 e. The molecule has 0 radical (unpaired) electrons. The molecule has 6 heteroatoms. The van der Waals surface area contributed by atoms with Crippen molar-refractivity contribution in [2.24, 2.45) is 0 Å².